The molecule has 0 saturated heterocycles. The minimum atomic E-state index is -0.498. The zero-order valence-corrected chi connectivity index (χ0v) is 18.1. The molecule has 1 amide bonds. The van der Waals surface area contributed by atoms with Crippen LogP contribution in [0.15, 0.2) is 78.9 Å². The molecule has 3 aromatic rings. The molecule has 3 aromatic carbocycles. The van der Waals surface area contributed by atoms with Crippen molar-refractivity contribution in [3.05, 3.63) is 101 Å². The van der Waals surface area contributed by atoms with Crippen molar-refractivity contribution in [2.75, 3.05) is 4.90 Å². The highest BCUT2D eigenvalue weighted by atomic mass is 35.5. The molecule has 1 N–H and O–H groups in total. The van der Waals surface area contributed by atoms with Gasteiger partial charge in [-0.15, -0.1) is 0 Å². The van der Waals surface area contributed by atoms with Gasteiger partial charge in [0.2, 0.25) is 5.91 Å². The molecule has 0 aromatic heterocycles. The Morgan fingerprint density at radius 1 is 0.900 bits per heavy atom. The summed E-state index contributed by atoms with van der Waals surface area (Å²) in [5.74, 6) is -0.0357. The van der Waals surface area contributed by atoms with Gasteiger partial charge in [-0.05, 0) is 67.8 Å². The van der Waals surface area contributed by atoms with Crippen LogP contribution in [0, 0.1) is 0 Å². The molecule has 0 fully saturated rings. The van der Waals surface area contributed by atoms with Crippen LogP contribution >= 0.6 is 11.6 Å². The van der Waals surface area contributed by atoms with Gasteiger partial charge in [0.05, 0.1) is 5.70 Å². The number of hydrogen-bond acceptors (Lipinski definition) is 2. The number of hydrogen-bond donors (Lipinski definition) is 1. The standard InChI is InChI=1S/C26H25ClN2O/c1-26(2,3)28-25(30)24-22-12-8-7-11-19(22)17-23(18-9-5-4-6-10-18)29(24)21-15-13-20(27)14-16-21/h4-17,24H,1-3H3,(H,28,30). The first-order chi connectivity index (χ1) is 14.3. The average Bonchev–Trinajstić information content (AvgIpc) is 2.72. The van der Waals surface area contributed by atoms with Crippen molar-refractivity contribution >= 4 is 35.0 Å². The average molecular weight is 417 g/mol. The van der Waals surface area contributed by atoms with Gasteiger partial charge in [-0.3, -0.25) is 4.79 Å². The maximum absolute atomic E-state index is 13.6. The largest absolute Gasteiger partial charge is 0.349 e. The van der Waals surface area contributed by atoms with Crippen LogP contribution < -0.4 is 10.2 Å². The number of amides is 1. The number of carbonyl (C=O) groups excluding carboxylic acids is 1. The van der Waals surface area contributed by atoms with Crippen LogP contribution in [0.2, 0.25) is 5.02 Å². The van der Waals surface area contributed by atoms with Gasteiger partial charge in [0.25, 0.3) is 0 Å². The molecule has 1 heterocycles. The van der Waals surface area contributed by atoms with Crippen LogP contribution in [-0.2, 0) is 4.79 Å². The molecular weight excluding hydrogens is 392 g/mol. The summed E-state index contributed by atoms with van der Waals surface area (Å²) >= 11 is 6.16. The Kier molecular flexibility index (Phi) is 5.40. The number of rotatable bonds is 3. The van der Waals surface area contributed by atoms with E-state index in [0.717, 1.165) is 28.1 Å². The first kappa shape index (κ1) is 20.2. The lowest BCUT2D eigenvalue weighted by molar-refractivity contribution is -0.123. The van der Waals surface area contributed by atoms with Crippen molar-refractivity contribution < 1.29 is 4.79 Å². The third kappa shape index (κ3) is 4.12. The Hall–Kier alpha value is -3.04. The molecule has 3 nitrogen and oxygen atoms in total. The molecule has 0 aliphatic carbocycles. The van der Waals surface area contributed by atoms with Gasteiger partial charge in [-0.25, -0.2) is 0 Å². The molecule has 1 atom stereocenters. The van der Waals surface area contributed by atoms with E-state index in [1.165, 1.54) is 0 Å². The second-order valence-electron chi connectivity index (χ2n) is 8.51. The Morgan fingerprint density at radius 3 is 2.20 bits per heavy atom. The molecule has 1 unspecified atom stereocenters. The Balaban J connectivity index is 1.93. The minimum absolute atomic E-state index is 0.0357. The summed E-state index contributed by atoms with van der Waals surface area (Å²) in [6.45, 7) is 6.00. The van der Waals surface area contributed by atoms with E-state index in [0.29, 0.717) is 5.02 Å². The summed E-state index contributed by atoms with van der Waals surface area (Å²) in [5, 5.41) is 3.84. The fraction of sp³-hybridized carbons (Fsp3) is 0.192. The van der Waals surface area contributed by atoms with Crippen molar-refractivity contribution in [2.45, 2.75) is 32.4 Å². The molecule has 1 aliphatic heterocycles. The fourth-order valence-corrected chi connectivity index (χ4v) is 3.93. The van der Waals surface area contributed by atoms with E-state index >= 15 is 0 Å². The number of benzene rings is 3. The third-order valence-electron chi connectivity index (χ3n) is 5.02. The second-order valence-corrected chi connectivity index (χ2v) is 8.95. The quantitative estimate of drug-likeness (QED) is 0.542. The fourth-order valence-electron chi connectivity index (χ4n) is 3.80. The lowest BCUT2D eigenvalue weighted by Crippen LogP contribution is -2.48. The van der Waals surface area contributed by atoms with E-state index in [9.17, 15) is 4.79 Å². The molecule has 4 heteroatoms. The molecule has 0 saturated carbocycles. The molecule has 4 rings (SSSR count). The Labute approximate surface area is 183 Å². The van der Waals surface area contributed by atoms with Gasteiger partial charge in [-0.1, -0.05) is 66.2 Å². The topological polar surface area (TPSA) is 32.3 Å². The van der Waals surface area contributed by atoms with Crippen molar-refractivity contribution in [1.29, 1.82) is 0 Å². The summed E-state index contributed by atoms with van der Waals surface area (Å²) in [5.41, 5.74) is 4.63. The van der Waals surface area contributed by atoms with Crippen LogP contribution in [0.25, 0.3) is 11.8 Å². The maximum atomic E-state index is 13.6. The predicted octanol–water partition coefficient (Wildman–Crippen LogP) is 6.31. The number of nitrogens with one attached hydrogen (secondary N) is 1. The highest BCUT2D eigenvalue weighted by molar-refractivity contribution is 6.30. The number of anilines is 1. The lowest BCUT2D eigenvalue weighted by atomic mass is 9.90. The van der Waals surface area contributed by atoms with Crippen LogP contribution in [0.3, 0.4) is 0 Å². The highest BCUT2D eigenvalue weighted by Crippen LogP contribution is 2.42. The first-order valence-electron chi connectivity index (χ1n) is 10.1. The molecule has 152 valence electrons. The zero-order chi connectivity index (χ0) is 21.3. The number of nitrogens with zero attached hydrogens (tertiary/aromatic N) is 1. The van der Waals surface area contributed by atoms with Crippen LogP contribution in [0.5, 0.6) is 0 Å². The number of fused-ring (bicyclic) bond motifs is 1. The summed E-state index contributed by atoms with van der Waals surface area (Å²) in [6, 6.07) is 25.4. The van der Waals surface area contributed by atoms with Crippen molar-refractivity contribution in [2.24, 2.45) is 0 Å². The second kappa shape index (κ2) is 8.00. The Bertz CT molecular complexity index is 1080. The molecule has 1 aliphatic rings. The van der Waals surface area contributed by atoms with Gasteiger partial charge in [0, 0.05) is 16.2 Å². The predicted molar refractivity (Wildman–Crippen MR) is 125 cm³/mol. The molecule has 30 heavy (non-hydrogen) atoms. The molecule has 0 radical (unpaired) electrons. The van der Waals surface area contributed by atoms with Gasteiger partial charge in [0.1, 0.15) is 6.04 Å². The van der Waals surface area contributed by atoms with Crippen molar-refractivity contribution in [1.82, 2.24) is 5.32 Å². The highest BCUT2D eigenvalue weighted by Gasteiger charge is 2.36. The summed E-state index contributed by atoms with van der Waals surface area (Å²) in [6.07, 6.45) is 2.15. The summed E-state index contributed by atoms with van der Waals surface area (Å²) in [7, 11) is 0. The summed E-state index contributed by atoms with van der Waals surface area (Å²) in [4.78, 5) is 15.7. The monoisotopic (exact) mass is 416 g/mol. The van der Waals surface area contributed by atoms with E-state index in [1.807, 2.05) is 81.4 Å². The lowest BCUT2D eigenvalue weighted by Gasteiger charge is -2.40. The minimum Gasteiger partial charge on any atom is -0.349 e. The van der Waals surface area contributed by atoms with Crippen LogP contribution in [0.1, 0.15) is 43.5 Å². The zero-order valence-electron chi connectivity index (χ0n) is 17.4. The number of halogens is 1. The van der Waals surface area contributed by atoms with Crippen molar-refractivity contribution in [3.63, 3.8) is 0 Å². The van der Waals surface area contributed by atoms with Crippen LogP contribution in [-0.4, -0.2) is 11.4 Å². The van der Waals surface area contributed by atoms with Crippen molar-refractivity contribution in [3.8, 4) is 0 Å². The molecule has 0 bridgehead atoms. The van der Waals surface area contributed by atoms with Gasteiger partial charge in [0.15, 0.2) is 0 Å². The van der Waals surface area contributed by atoms with E-state index in [-0.39, 0.29) is 11.4 Å². The normalized spacial score (nSPS) is 15.9. The molecular formula is C26H25ClN2O. The van der Waals surface area contributed by atoms with E-state index in [4.69, 9.17) is 11.6 Å². The number of carbonyl (C=O) groups is 1. The van der Waals surface area contributed by atoms with E-state index in [2.05, 4.69) is 34.5 Å². The van der Waals surface area contributed by atoms with Gasteiger partial charge < -0.3 is 10.2 Å². The Morgan fingerprint density at radius 2 is 1.53 bits per heavy atom. The van der Waals surface area contributed by atoms with Gasteiger partial charge in [-0.2, -0.15) is 0 Å². The SMILES string of the molecule is CC(C)(C)NC(=O)C1c2ccccc2C=C(c2ccccc2)N1c1ccc(Cl)cc1. The summed E-state index contributed by atoms with van der Waals surface area (Å²) < 4.78 is 0. The van der Waals surface area contributed by atoms with Gasteiger partial charge >= 0.3 is 0 Å². The van der Waals surface area contributed by atoms with E-state index < -0.39 is 6.04 Å². The smallest absolute Gasteiger partial charge is 0.248 e. The maximum Gasteiger partial charge on any atom is 0.248 e. The molecule has 0 spiro atoms. The third-order valence-corrected chi connectivity index (χ3v) is 5.27. The van der Waals surface area contributed by atoms with Crippen LogP contribution in [0.4, 0.5) is 5.69 Å². The van der Waals surface area contributed by atoms with E-state index in [1.54, 1.807) is 0 Å². The first-order valence-corrected chi connectivity index (χ1v) is 10.4.